The fourth-order valence-corrected chi connectivity index (χ4v) is 3.31. The highest BCUT2D eigenvalue weighted by Gasteiger charge is 2.26. The molecule has 26 heavy (non-hydrogen) atoms. The number of aryl methyl sites for hydroxylation is 1. The van der Waals surface area contributed by atoms with Gasteiger partial charge in [0.25, 0.3) is 5.91 Å². The van der Waals surface area contributed by atoms with E-state index in [0.29, 0.717) is 17.1 Å². The predicted molar refractivity (Wildman–Crippen MR) is 93.3 cm³/mol. The van der Waals surface area contributed by atoms with E-state index in [1.807, 2.05) is 30.3 Å². The molecule has 1 amide bonds. The molecule has 4 rings (SSSR count). The lowest BCUT2D eigenvalue weighted by Gasteiger charge is -2.28. The van der Waals surface area contributed by atoms with Gasteiger partial charge in [-0.3, -0.25) is 4.79 Å². The summed E-state index contributed by atoms with van der Waals surface area (Å²) >= 11 is 0. The number of aromatic nitrogens is 5. The van der Waals surface area contributed by atoms with E-state index in [4.69, 9.17) is 4.52 Å². The number of tetrazole rings is 1. The van der Waals surface area contributed by atoms with Gasteiger partial charge in [0, 0.05) is 11.6 Å². The van der Waals surface area contributed by atoms with Crippen molar-refractivity contribution in [3.05, 3.63) is 47.9 Å². The fourth-order valence-electron chi connectivity index (χ4n) is 3.31. The molecule has 0 spiro atoms. The first-order valence-electron chi connectivity index (χ1n) is 8.78. The first-order valence-corrected chi connectivity index (χ1v) is 8.78. The molecule has 2 heterocycles. The Morgan fingerprint density at radius 3 is 2.65 bits per heavy atom. The largest absolute Gasteiger partial charge is 0.361 e. The number of nitrogens with one attached hydrogen (secondary N) is 1. The second-order valence-corrected chi connectivity index (χ2v) is 6.57. The van der Waals surface area contributed by atoms with Crippen LogP contribution in [0.1, 0.15) is 47.8 Å². The Morgan fingerprint density at radius 1 is 1.19 bits per heavy atom. The van der Waals surface area contributed by atoms with Gasteiger partial charge >= 0.3 is 0 Å². The van der Waals surface area contributed by atoms with Gasteiger partial charge < -0.3 is 9.84 Å². The predicted octanol–water partition coefficient (Wildman–Crippen LogP) is 2.55. The Hall–Kier alpha value is -3.03. The summed E-state index contributed by atoms with van der Waals surface area (Å²) in [7, 11) is 0. The highest BCUT2D eigenvalue weighted by molar-refractivity contribution is 5.94. The second kappa shape index (κ2) is 7.07. The van der Waals surface area contributed by atoms with Gasteiger partial charge in [0.1, 0.15) is 11.3 Å². The van der Waals surface area contributed by atoms with Gasteiger partial charge in [-0.1, -0.05) is 35.5 Å². The molecular formula is C18H20N6O2. The number of nitrogens with zero attached hydrogens (tertiary/aromatic N) is 5. The normalized spacial score (nSPS) is 20.0. The van der Waals surface area contributed by atoms with Crippen molar-refractivity contribution >= 4 is 5.91 Å². The number of carbonyl (C=O) groups is 1. The van der Waals surface area contributed by atoms with Crippen LogP contribution in [0, 0.1) is 6.92 Å². The molecule has 1 fully saturated rings. The first-order chi connectivity index (χ1) is 12.7. The van der Waals surface area contributed by atoms with Crippen molar-refractivity contribution in [3.8, 4) is 11.4 Å². The summed E-state index contributed by atoms with van der Waals surface area (Å²) in [5, 5.41) is 19.6. The van der Waals surface area contributed by atoms with E-state index in [9.17, 15) is 4.79 Å². The van der Waals surface area contributed by atoms with E-state index in [2.05, 4.69) is 25.9 Å². The molecule has 1 aromatic carbocycles. The lowest BCUT2D eigenvalue weighted by molar-refractivity contribution is 0.0919. The third-order valence-corrected chi connectivity index (χ3v) is 4.81. The topological polar surface area (TPSA) is 98.7 Å². The molecule has 2 aromatic heterocycles. The molecule has 0 saturated heterocycles. The maximum atomic E-state index is 12.3. The maximum absolute atomic E-state index is 12.3. The summed E-state index contributed by atoms with van der Waals surface area (Å²) in [4.78, 5) is 14.0. The molecule has 1 saturated carbocycles. The van der Waals surface area contributed by atoms with E-state index in [-0.39, 0.29) is 18.0 Å². The van der Waals surface area contributed by atoms with Crippen LogP contribution in [-0.2, 0) is 0 Å². The monoisotopic (exact) mass is 352 g/mol. The minimum atomic E-state index is -0.127. The van der Waals surface area contributed by atoms with Crippen LogP contribution >= 0.6 is 0 Å². The average molecular weight is 352 g/mol. The smallest absolute Gasteiger partial charge is 0.256 e. The molecule has 0 aliphatic heterocycles. The molecule has 0 unspecified atom stereocenters. The lowest BCUT2D eigenvalue weighted by Crippen LogP contribution is -2.38. The Morgan fingerprint density at radius 2 is 1.96 bits per heavy atom. The van der Waals surface area contributed by atoms with E-state index in [0.717, 1.165) is 31.2 Å². The SMILES string of the molecule is Cc1oncc1C(=O)NC1CCC(n2nnc(-c3ccccc3)n2)CC1. The second-order valence-electron chi connectivity index (χ2n) is 6.57. The number of rotatable bonds is 4. The van der Waals surface area contributed by atoms with Crippen molar-refractivity contribution in [1.29, 1.82) is 0 Å². The van der Waals surface area contributed by atoms with Crippen molar-refractivity contribution in [2.45, 2.75) is 44.7 Å². The van der Waals surface area contributed by atoms with Crippen LogP contribution in [0.3, 0.4) is 0 Å². The molecule has 3 aromatic rings. The molecule has 1 aliphatic rings. The fraction of sp³-hybridized carbons (Fsp3) is 0.389. The highest BCUT2D eigenvalue weighted by atomic mass is 16.5. The molecule has 8 nitrogen and oxygen atoms in total. The van der Waals surface area contributed by atoms with Crippen LogP contribution in [0.15, 0.2) is 41.1 Å². The van der Waals surface area contributed by atoms with Crippen LogP contribution in [0.5, 0.6) is 0 Å². The Balaban J connectivity index is 1.35. The van der Waals surface area contributed by atoms with Crippen LogP contribution in [-0.4, -0.2) is 37.3 Å². The number of amides is 1. The highest BCUT2D eigenvalue weighted by Crippen LogP contribution is 2.28. The first kappa shape index (κ1) is 16.4. The van der Waals surface area contributed by atoms with Crippen LogP contribution in [0.25, 0.3) is 11.4 Å². The van der Waals surface area contributed by atoms with E-state index in [1.165, 1.54) is 6.20 Å². The Kier molecular flexibility index (Phi) is 4.47. The molecule has 0 atom stereocenters. The van der Waals surface area contributed by atoms with Crippen molar-refractivity contribution in [1.82, 2.24) is 30.7 Å². The van der Waals surface area contributed by atoms with Crippen LogP contribution in [0.2, 0.25) is 0 Å². The summed E-state index contributed by atoms with van der Waals surface area (Å²) in [5.74, 6) is 1.05. The molecular weight excluding hydrogens is 332 g/mol. The number of carbonyl (C=O) groups excluding carboxylic acids is 1. The zero-order valence-electron chi connectivity index (χ0n) is 14.5. The summed E-state index contributed by atoms with van der Waals surface area (Å²) < 4.78 is 4.95. The third kappa shape index (κ3) is 3.35. The molecule has 0 radical (unpaired) electrons. The quantitative estimate of drug-likeness (QED) is 0.775. The van der Waals surface area contributed by atoms with Crippen molar-refractivity contribution in [3.63, 3.8) is 0 Å². The summed E-state index contributed by atoms with van der Waals surface area (Å²) in [6.07, 6.45) is 5.02. The third-order valence-electron chi connectivity index (χ3n) is 4.81. The van der Waals surface area contributed by atoms with E-state index < -0.39 is 0 Å². The number of hydrogen-bond acceptors (Lipinski definition) is 6. The van der Waals surface area contributed by atoms with Gasteiger partial charge in [0.05, 0.1) is 12.2 Å². The van der Waals surface area contributed by atoms with Gasteiger partial charge in [-0.2, -0.15) is 4.80 Å². The summed E-state index contributed by atoms with van der Waals surface area (Å²) in [6.45, 7) is 1.74. The maximum Gasteiger partial charge on any atom is 0.256 e. The lowest BCUT2D eigenvalue weighted by atomic mass is 9.91. The van der Waals surface area contributed by atoms with Gasteiger partial charge in [0.15, 0.2) is 0 Å². The van der Waals surface area contributed by atoms with Crippen LogP contribution in [0.4, 0.5) is 0 Å². The minimum Gasteiger partial charge on any atom is -0.361 e. The summed E-state index contributed by atoms with van der Waals surface area (Å²) in [5.41, 5.74) is 1.46. The molecule has 134 valence electrons. The molecule has 0 bridgehead atoms. The number of hydrogen-bond donors (Lipinski definition) is 1. The standard InChI is InChI=1S/C18H20N6O2/c1-12-16(11-19-26-12)18(25)20-14-7-9-15(10-8-14)24-22-17(21-23-24)13-5-3-2-4-6-13/h2-6,11,14-15H,7-10H2,1H3,(H,20,25). The van der Waals surface area contributed by atoms with Crippen molar-refractivity contribution in [2.75, 3.05) is 0 Å². The van der Waals surface area contributed by atoms with Gasteiger partial charge in [0.2, 0.25) is 5.82 Å². The summed E-state index contributed by atoms with van der Waals surface area (Å²) in [6, 6.07) is 10.2. The average Bonchev–Trinajstić information content (AvgIpc) is 3.32. The Labute approximate surface area is 150 Å². The van der Waals surface area contributed by atoms with Crippen molar-refractivity contribution < 1.29 is 9.32 Å². The molecule has 8 heteroatoms. The van der Waals surface area contributed by atoms with Gasteiger partial charge in [-0.05, 0) is 37.8 Å². The zero-order chi connectivity index (χ0) is 17.9. The minimum absolute atomic E-state index is 0.127. The van der Waals surface area contributed by atoms with Crippen LogP contribution < -0.4 is 5.32 Å². The molecule has 1 aliphatic carbocycles. The zero-order valence-corrected chi connectivity index (χ0v) is 14.5. The van der Waals surface area contributed by atoms with E-state index in [1.54, 1.807) is 11.7 Å². The van der Waals surface area contributed by atoms with E-state index >= 15 is 0 Å². The van der Waals surface area contributed by atoms with Crippen molar-refractivity contribution in [2.24, 2.45) is 0 Å². The Bertz CT molecular complexity index is 880. The number of benzene rings is 1. The molecule has 1 N–H and O–H groups in total. The van der Waals surface area contributed by atoms with Gasteiger partial charge in [-0.15, -0.1) is 10.2 Å². The van der Waals surface area contributed by atoms with Gasteiger partial charge in [-0.25, -0.2) is 0 Å².